The number of hydrogen-bond acceptors (Lipinski definition) is 3. The highest BCUT2D eigenvalue weighted by Gasteiger charge is 2.42. The number of furan rings is 1. The molecule has 50 heavy (non-hydrogen) atoms. The van der Waals surface area contributed by atoms with E-state index in [4.69, 9.17) is 4.42 Å². The van der Waals surface area contributed by atoms with Crippen LogP contribution in [-0.4, -0.2) is 9.97 Å². The van der Waals surface area contributed by atoms with Crippen LogP contribution in [0.25, 0.3) is 98.7 Å². The second-order valence-electron chi connectivity index (χ2n) is 14.1. The molecule has 0 fully saturated rings. The fourth-order valence-corrected chi connectivity index (χ4v) is 8.99. The van der Waals surface area contributed by atoms with Crippen LogP contribution >= 0.6 is 0 Å². The molecule has 1 aliphatic carbocycles. The van der Waals surface area contributed by atoms with Gasteiger partial charge in [-0.3, -0.25) is 9.97 Å². The molecule has 0 saturated carbocycles. The van der Waals surface area contributed by atoms with Crippen molar-refractivity contribution in [2.24, 2.45) is 0 Å². The van der Waals surface area contributed by atoms with Crippen LogP contribution in [0.5, 0.6) is 0 Å². The topological polar surface area (TPSA) is 38.9 Å². The Bertz CT molecular complexity index is 3050. The number of nitrogens with zero attached hydrogens (tertiary/aromatic N) is 2. The van der Waals surface area contributed by atoms with Crippen LogP contribution < -0.4 is 0 Å². The molecule has 3 aromatic heterocycles. The molecular formula is C47H30N2O. The van der Waals surface area contributed by atoms with Crippen molar-refractivity contribution in [3.63, 3.8) is 0 Å². The predicted molar refractivity (Wildman–Crippen MR) is 208 cm³/mol. The van der Waals surface area contributed by atoms with Crippen LogP contribution in [0.3, 0.4) is 0 Å². The zero-order valence-electron chi connectivity index (χ0n) is 27.7. The van der Waals surface area contributed by atoms with Crippen molar-refractivity contribution in [1.82, 2.24) is 9.97 Å². The van der Waals surface area contributed by atoms with Gasteiger partial charge < -0.3 is 4.42 Å². The maximum absolute atomic E-state index is 6.93. The van der Waals surface area contributed by atoms with Crippen molar-refractivity contribution in [2.75, 3.05) is 0 Å². The average Bonchev–Trinajstić information content (AvgIpc) is 3.66. The molecule has 0 atom stereocenters. The quantitative estimate of drug-likeness (QED) is 0.177. The number of benzene rings is 7. The third-order valence-electron chi connectivity index (χ3n) is 11.1. The highest BCUT2D eigenvalue weighted by Crippen LogP contribution is 2.59. The number of rotatable bonds is 2. The smallest absolute Gasteiger partial charge is 0.140 e. The summed E-state index contributed by atoms with van der Waals surface area (Å²) in [7, 11) is 0. The van der Waals surface area contributed by atoms with Gasteiger partial charge >= 0.3 is 0 Å². The van der Waals surface area contributed by atoms with Gasteiger partial charge in [0.1, 0.15) is 11.2 Å². The maximum atomic E-state index is 6.93. The number of fused-ring (bicyclic) bond motifs is 17. The molecule has 3 heterocycles. The molecular weight excluding hydrogens is 609 g/mol. The Hall–Kier alpha value is -6.32. The molecule has 0 spiro atoms. The van der Waals surface area contributed by atoms with Crippen molar-refractivity contribution in [2.45, 2.75) is 19.3 Å². The Kier molecular flexibility index (Phi) is 5.45. The Morgan fingerprint density at radius 3 is 1.74 bits per heavy atom. The minimum atomic E-state index is -0.339. The molecule has 1 aliphatic rings. The fourth-order valence-electron chi connectivity index (χ4n) is 8.99. The average molecular weight is 639 g/mol. The van der Waals surface area contributed by atoms with Crippen LogP contribution in [0.4, 0.5) is 0 Å². The summed E-state index contributed by atoms with van der Waals surface area (Å²) in [6.45, 7) is 4.78. The molecule has 0 saturated heterocycles. The normalized spacial score (nSPS) is 13.6. The largest absolute Gasteiger partial charge is 0.456 e. The standard InChI is InChI=1S/C47H30N2O/c1-47(2)44-36(22-21-35-30-19-17-28(26-40(30)50-46(35)44)39-16-8-10-24-49-39)42-33-14-6-5-13-32(33)41-34-20-18-27(38-15-7-9-23-48-38)25-37(34)29-11-3-4-12-31(29)43(41)45(42)47/h3-26H,1-2H3. The highest BCUT2D eigenvalue weighted by molar-refractivity contribution is 6.35. The molecule has 0 aliphatic heterocycles. The van der Waals surface area contributed by atoms with E-state index in [0.29, 0.717) is 0 Å². The van der Waals surface area contributed by atoms with Gasteiger partial charge in [0.2, 0.25) is 0 Å². The molecule has 3 heteroatoms. The Balaban J connectivity index is 1.26. The lowest BCUT2D eigenvalue weighted by atomic mass is 9.76. The van der Waals surface area contributed by atoms with E-state index in [1.807, 2.05) is 36.7 Å². The molecule has 7 aromatic carbocycles. The molecule has 0 amide bonds. The van der Waals surface area contributed by atoms with Crippen LogP contribution in [0.15, 0.2) is 150 Å². The van der Waals surface area contributed by atoms with Crippen molar-refractivity contribution in [3.05, 3.63) is 157 Å². The van der Waals surface area contributed by atoms with E-state index in [1.165, 1.54) is 65.3 Å². The van der Waals surface area contributed by atoms with E-state index in [-0.39, 0.29) is 5.41 Å². The van der Waals surface area contributed by atoms with Crippen molar-refractivity contribution < 1.29 is 4.42 Å². The third kappa shape index (κ3) is 3.59. The molecule has 10 aromatic rings. The lowest BCUT2D eigenvalue weighted by molar-refractivity contribution is 0.623. The van der Waals surface area contributed by atoms with Gasteiger partial charge in [-0.15, -0.1) is 0 Å². The molecule has 0 N–H and O–H groups in total. The van der Waals surface area contributed by atoms with Crippen LogP contribution in [-0.2, 0) is 5.41 Å². The van der Waals surface area contributed by atoms with Crippen LogP contribution in [0.2, 0.25) is 0 Å². The third-order valence-corrected chi connectivity index (χ3v) is 11.1. The maximum Gasteiger partial charge on any atom is 0.140 e. The molecule has 0 radical (unpaired) electrons. The lowest BCUT2D eigenvalue weighted by Gasteiger charge is -2.26. The van der Waals surface area contributed by atoms with Crippen LogP contribution in [0.1, 0.15) is 25.0 Å². The summed E-state index contributed by atoms with van der Waals surface area (Å²) >= 11 is 0. The van der Waals surface area contributed by atoms with Gasteiger partial charge in [-0.2, -0.15) is 0 Å². The zero-order valence-corrected chi connectivity index (χ0v) is 27.7. The van der Waals surface area contributed by atoms with E-state index >= 15 is 0 Å². The van der Waals surface area contributed by atoms with Crippen LogP contribution in [0, 0.1) is 0 Å². The molecule has 3 nitrogen and oxygen atoms in total. The summed E-state index contributed by atoms with van der Waals surface area (Å²) < 4.78 is 6.93. The summed E-state index contributed by atoms with van der Waals surface area (Å²) in [5.74, 6) is 0. The summed E-state index contributed by atoms with van der Waals surface area (Å²) in [5, 5.41) is 12.5. The Morgan fingerprint density at radius 1 is 0.460 bits per heavy atom. The van der Waals surface area contributed by atoms with E-state index in [1.54, 1.807) is 0 Å². The van der Waals surface area contributed by atoms with Crippen molar-refractivity contribution in [1.29, 1.82) is 0 Å². The second-order valence-corrected chi connectivity index (χ2v) is 14.1. The minimum absolute atomic E-state index is 0.339. The number of pyridine rings is 2. The highest BCUT2D eigenvalue weighted by atomic mass is 16.3. The monoisotopic (exact) mass is 638 g/mol. The SMILES string of the molecule is CC1(C)c2c(ccc3c2oc2cc(-c4ccccn4)ccc23)-c2c1c1c3ccccc3c3cc(-c4ccccn4)ccc3c1c1ccccc21. The first-order valence-electron chi connectivity index (χ1n) is 17.2. The zero-order chi connectivity index (χ0) is 33.1. The first-order chi connectivity index (χ1) is 24.6. The second kappa shape index (κ2) is 9.87. The number of aromatic nitrogens is 2. The van der Waals surface area contributed by atoms with E-state index < -0.39 is 0 Å². The molecule has 0 bridgehead atoms. The van der Waals surface area contributed by atoms with Gasteiger partial charge in [-0.25, -0.2) is 0 Å². The lowest BCUT2D eigenvalue weighted by Crippen LogP contribution is -2.16. The van der Waals surface area contributed by atoms with E-state index in [9.17, 15) is 0 Å². The fraction of sp³-hybridized carbons (Fsp3) is 0.0638. The summed E-state index contributed by atoms with van der Waals surface area (Å²) in [5.41, 5.74) is 10.8. The molecule has 234 valence electrons. The first-order valence-corrected chi connectivity index (χ1v) is 17.2. The Morgan fingerprint density at radius 2 is 1.04 bits per heavy atom. The van der Waals surface area contributed by atoms with Gasteiger partial charge in [0.15, 0.2) is 0 Å². The minimum Gasteiger partial charge on any atom is -0.456 e. The van der Waals surface area contributed by atoms with Gasteiger partial charge in [0.25, 0.3) is 0 Å². The Labute approximate surface area is 288 Å². The number of hydrogen-bond donors (Lipinski definition) is 0. The molecule has 11 rings (SSSR count). The summed E-state index contributed by atoms with van der Waals surface area (Å²) in [6, 6.07) is 48.0. The van der Waals surface area contributed by atoms with E-state index in [2.05, 4.69) is 133 Å². The van der Waals surface area contributed by atoms with Crippen molar-refractivity contribution >= 4 is 65.0 Å². The summed E-state index contributed by atoms with van der Waals surface area (Å²) in [4.78, 5) is 9.28. The van der Waals surface area contributed by atoms with Gasteiger partial charge in [-0.1, -0.05) is 98.8 Å². The summed E-state index contributed by atoms with van der Waals surface area (Å²) in [6.07, 6.45) is 3.71. The van der Waals surface area contributed by atoms with Gasteiger partial charge in [0.05, 0.1) is 11.4 Å². The van der Waals surface area contributed by atoms with Crippen molar-refractivity contribution in [3.8, 4) is 33.6 Å². The van der Waals surface area contributed by atoms with E-state index in [0.717, 1.165) is 44.5 Å². The predicted octanol–water partition coefficient (Wildman–Crippen LogP) is 12.6. The molecule has 0 unspecified atom stereocenters. The first kappa shape index (κ1) is 27.6. The van der Waals surface area contributed by atoms with Gasteiger partial charge in [-0.05, 0) is 108 Å². The van der Waals surface area contributed by atoms with Gasteiger partial charge in [0, 0.05) is 45.3 Å².